The van der Waals surface area contributed by atoms with Gasteiger partial charge in [-0.2, -0.15) is 5.10 Å². The molecule has 1 atom stereocenters. The van der Waals surface area contributed by atoms with E-state index in [1.807, 2.05) is 20.8 Å². The van der Waals surface area contributed by atoms with E-state index in [1.54, 1.807) is 11.7 Å². The third kappa shape index (κ3) is 2.39. The third-order valence-electron chi connectivity index (χ3n) is 3.18. The highest BCUT2D eigenvalue weighted by atomic mass is 35.5. The maximum absolute atomic E-state index is 10.4. The van der Waals surface area contributed by atoms with Gasteiger partial charge in [0.2, 0.25) is 0 Å². The zero-order valence-corrected chi connectivity index (χ0v) is 11.0. The highest BCUT2D eigenvalue weighted by Gasteiger charge is 2.32. The van der Waals surface area contributed by atoms with E-state index in [2.05, 4.69) is 5.10 Å². The van der Waals surface area contributed by atoms with E-state index in [0.29, 0.717) is 11.6 Å². The summed E-state index contributed by atoms with van der Waals surface area (Å²) in [5, 5.41) is 15.2. The standard InChI is InChI=1S/C11H20ClN3O/c1-7(2)11(16,6-13)5-9-8(3)14-15(4)10(9)12/h7,16H,5-6,13H2,1-4H3. The average molecular weight is 246 g/mol. The first-order valence-electron chi connectivity index (χ1n) is 5.42. The maximum Gasteiger partial charge on any atom is 0.130 e. The van der Waals surface area contributed by atoms with E-state index in [0.717, 1.165) is 11.3 Å². The van der Waals surface area contributed by atoms with Gasteiger partial charge in [-0.3, -0.25) is 4.68 Å². The van der Waals surface area contributed by atoms with Crippen molar-refractivity contribution < 1.29 is 5.11 Å². The molecule has 0 saturated carbocycles. The van der Waals surface area contributed by atoms with Crippen LogP contribution >= 0.6 is 11.6 Å². The van der Waals surface area contributed by atoms with Gasteiger partial charge in [-0.1, -0.05) is 25.4 Å². The predicted molar refractivity (Wildman–Crippen MR) is 65.5 cm³/mol. The van der Waals surface area contributed by atoms with Gasteiger partial charge in [-0.05, 0) is 12.8 Å². The van der Waals surface area contributed by atoms with Crippen LogP contribution in [0.1, 0.15) is 25.1 Å². The van der Waals surface area contributed by atoms with Crippen LogP contribution < -0.4 is 5.73 Å². The molecule has 1 unspecified atom stereocenters. The van der Waals surface area contributed by atoms with E-state index >= 15 is 0 Å². The summed E-state index contributed by atoms with van der Waals surface area (Å²) in [6.45, 7) is 6.01. The molecule has 92 valence electrons. The molecule has 0 fully saturated rings. The van der Waals surface area contributed by atoms with Crippen LogP contribution in [0.2, 0.25) is 5.15 Å². The first-order valence-corrected chi connectivity index (χ1v) is 5.80. The second-order valence-corrected chi connectivity index (χ2v) is 4.98. The zero-order chi connectivity index (χ0) is 12.5. The van der Waals surface area contributed by atoms with Crippen molar-refractivity contribution in [2.75, 3.05) is 6.54 Å². The first-order chi connectivity index (χ1) is 7.31. The molecule has 0 aromatic carbocycles. The lowest BCUT2D eigenvalue weighted by molar-refractivity contribution is 0.00395. The zero-order valence-electron chi connectivity index (χ0n) is 10.3. The van der Waals surface area contributed by atoms with Crippen LogP contribution in [0.25, 0.3) is 0 Å². The van der Waals surface area contributed by atoms with E-state index in [4.69, 9.17) is 17.3 Å². The summed E-state index contributed by atoms with van der Waals surface area (Å²) in [7, 11) is 1.79. The van der Waals surface area contributed by atoms with Crippen LogP contribution in [0.3, 0.4) is 0 Å². The van der Waals surface area contributed by atoms with Gasteiger partial charge in [0.15, 0.2) is 0 Å². The quantitative estimate of drug-likeness (QED) is 0.840. The van der Waals surface area contributed by atoms with Crippen molar-refractivity contribution in [1.29, 1.82) is 0 Å². The Morgan fingerprint density at radius 2 is 2.12 bits per heavy atom. The van der Waals surface area contributed by atoms with Crippen LogP contribution in [0.5, 0.6) is 0 Å². The molecule has 1 heterocycles. The van der Waals surface area contributed by atoms with Crippen molar-refractivity contribution in [2.24, 2.45) is 18.7 Å². The maximum atomic E-state index is 10.4. The van der Waals surface area contributed by atoms with Crippen LogP contribution in [0, 0.1) is 12.8 Å². The van der Waals surface area contributed by atoms with Gasteiger partial charge in [-0.25, -0.2) is 0 Å². The molecule has 0 aliphatic rings. The number of rotatable bonds is 4. The van der Waals surface area contributed by atoms with E-state index < -0.39 is 5.60 Å². The number of nitrogens with two attached hydrogens (primary N) is 1. The van der Waals surface area contributed by atoms with E-state index in [-0.39, 0.29) is 12.5 Å². The third-order valence-corrected chi connectivity index (χ3v) is 3.65. The van der Waals surface area contributed by atoms with Crippen molar-refractivity contribution in [3.8, 4) is 0 Å². The van der Waals surface area contributed by atoms with Gasteiger partial charge in [-0.15, -0.1) is 0 Å². The summed E-state index contributed by atoms with van der Waals surface area (Å²) in [6, 6.07) is 0. The number of aromatic nitrogens is 2. The molecule has 3 N–H and O–H groups in total. The monoisotopic (exact) mass is 245 g/mol. The molecule has 4 nitrogen and oxygen atoms in total. The molecule has 0 aliphatic heterocycles. The van der Waals surface area contributed by atoms with Crippen LogP contribution in [-0.4, -0.2) is 27.0 Å². The number of hydrogen-bond donors (Lipinski definition) is 2. The molecule has 5 heteroatoms. The summed E-state index contributed by atoms with van der Waals surface area (Å²) in [6.07, 6.45) is 0.444. The molecule has 1 aromatic rings. The highest BCUT2D eigenvalue weighted by molar-refractivity contribution is 6.30. The van der Waals surface area contributed by atoms with Gasteiger partial charge < -0.3 is 10.8 Å². The summed E-state index contributed by atoms with van der Waals surface area (Å²) in [5.41, 5.74) is 6.45. The molecule has 1 rings (SSSR count). The van der Waals surface area contributed by atoms with E-state index in [1.165, 1.54) is 0 Å². The minimum atomic E-state index is -0.919. The second-order valence-electron chi connectivity index (χ2n) is 4.62. The van der Waals surface area contributed by atoms with Crippen LogP contribution in [-0.2, 0) is 13.5 Å². The van der Waals surface area contributed by atoms with Crippen molar-refractivity contribution in [1.82, 2.24) is 9.78 Å². The summed E-state index contributed by atoms with van der Waals surface area (Å²) in [4.78, 5) is 0. The molecular formula is C11H20ClN3O. The predicted octanol–water partition coefficient (Wildman–Crippen LogP) is 1.27. The lowest BCUT2D eigenvalue weighted by Gasteiger charge is -2.30. The number of aryl methyl sites for hydroxylation is 2. The van der Waals surface area contributed by atoms with Crippen molar-refractivity contribution >= 4 is 11.6 Å². The fourth-order valence-electron chi connectivity index (χ4n) is 1.69. The fraction of sp³-hybridized carbons (Fsp3) is 0.727. The summed E-state index contributed by atoms with van der Waals surface area (Å²) < 4.78 is 1.61. The van der Waals surface area contributed by atoms with Gasteiger partial charge in [0.25, 0.3) is 0 Å². The Balaban J connectivity index is 3.03. The van der Waals surface area contributed by atoms with Gasteiger partial charge >= 0.3 is 0 Å². The SMILES string of the molecule is Cc1nn(C)c(Cl)c1CC(O)(CN)C(C)C. The molecule has 0 radical (unpaired) electrons. The van der Waals surface area contributed by atoms with Gasteiger partial charge in [0.05, 0.1) is 11.3 Å². The van der Waals surface area contributed by atoms with Crippen LogP contribution in [0.15, 0.2) is 0 Å². The Kier molecular flexibility index (Phi) is 3.99. The number of nitrogens with zero attached hydrogens (tertiary/aromatic N) is 2. The lowest BCUT2D eigenvalue weighted by atomic mass is 9.84. The summed E-state index contributed by atoms with van der Waals surface area (Å²) >= 11 is 6.13. The molecule has 16 heavy (non-hydrogen) atoms. The summed E-state index contributed by atoms with van der Waals surface area (Å²) in [5.74, 6) is 0.0770. The Morgan fingerprint density at radius 1 is 1.56 bits per heavy atom. The molecule has 0 aliphatic carbocycles. The van der Waals surface area contributed by atoms with Crippen molar-refractivity contribution in [3.63, 3.8) is 0 Å². The topological polar surface area (TPSA) is 64.1 Å². The van der Waals surface area contributed by atoms with Crippen molar-refractivity contribution in [2.45, 2.75) is 32.8 Å². The largest absolute Gasteiger partial charge is 0.388 e. The molecular weight excluding hydrogens is 226 g/mol. The molecule has 0 saturated heterocycles. The van der Waals surface area contributed by atoms with Crippen LogP contribution in [0.4, 0.5) is 0 Å². The fourth-order valence-corrected chi connectivity index (χ4v) is 1.93. The van der Waals surface area contributed by atoms with Gasteiger partial charge in [0.1, 0.15) is 5.15 Å². The Bertz CT molecular complexity index is 376. The minimum absolute atomic E-state index is 0.0770. The molecule has 0 spiro atoms. The normalized spacial score (nSPS) is 15.5. The Labute approximate surface area is 101 Å². The number of hydrogen-bond acceptors (Lipinski definition) is 3. The minimum Gasteiger partial charge on any atom is -0.388 e. The average Bonchev–Trinajstić information content (AvgIpc) is 2.44. The lowest BCUT2D eigenvalue weighted by Crippen LogP contribution is -2.45. The molecule has 0 amide bonds. The van der Waals surface area contributed by atoms with Gasteiger partial charge in [0, 0.05) is 25.6 Å². The smallest absolute Gasteiger partial charge is 0.130 e. The first kappa shape index (κ1) is 13.5. The molecule has 0 bridgehead atoms. The number of aliphatic hydroxyl groups is 1. The van der Waals surface area contributed by atoms with Crippen molar-refractivity contribution in [3.05, 3.63) is 16.4 Å². The highest BCUT2D eigenvalue weighted by Crippen LogP contribution is 2.27. The number of halogens is 1. The van der Waals surface area contributed by atoms with E-state index in [9.17, 15) is 5.11 Å². The second kappa shape index (κ2) is 4.73. The Morgan fingerprint density at radius 3 is 2.44 bits per heavy atom. The molecule has 1 aromatic heterocycles. The Hall–Kier alpha value is -0.580.